The van der Waals surface area contributed by atoms with Crippen LogP contribution in [0.1, 0.15) is 39.8 Å². The first-order valence-corrected chi connectivity index (χ1v) is 8.31. The summed E-state index contributed by atoms with van der Waals surface area (Å²) in [4.78, 5) is 10.3. The SMILES string of the molecule is c1cncc(Cc2nnnn2Cc2nc3c(s2)CCCC3)c1. The molecule has 112 valence electrons. The Balaban J connectivity index is 1.54. The van der Waals surface area contributed by atoms with Gasteiger partial charge in [0.1, 0.15) is 5.01 Å². The van der Waals surface area contributed by atoms with Gasteiger partial charge < -0.3 is 0 Å². The molecule has 0 aliphatic heterocycles. The highest BCUT2D eigenvalue weighted by Gasteiger charge is 2.16. The highest BCUT2D eigenvalue weighted by Crippen LogP contribution is 2.27. The molecule has 0 bridgehead atoms. The minimum absolute atomic E-state index is 0.653. The highest BCUT2D eigenvalue weighted by molar-refractivity contribution is 7.11. The fourth-order valence-corrected chi connectivity index (χ4v) is 3.90. The Bertz CT molecular complexity index is 740. The predicted octanol–water partition coefficient (Wildman–Crippen LogP) is 2.04. The number of aromatic nitrogens is 6. The van der Waals surface area contributed by atoms with Gasteiger partial charge >= 0.3 is 0 Å². The van der Waals surface area contributed by atoms with Crippen molar-refractivity contribution >= 4 is 11.3 Å². The minimum atomic E-state index is 0.653. The highest BCUT2D eigenvalue weighted by atomic mass is 32.1. The Hall–Kier alpha value is -2.15. The Morgan fingerprint density at radius 3 is 3.05 bits per heavy atom. The van der Waals surface area contributed by atoms with Gasteiger partial charge in [-0.05, 0) is 47.7 Å². The lowest BCUT2D eigenvalue weighted by Gasteiger charge is -2.06. The molecule has 3 heterocycles. The van der Waals surface area contributed by atoms with Crippen LogP contribution in [-0.4, -0.2) is 30.2 Å². The Morgan fingerprint density at radius 1 is 1.23 bits per heavy atom. The summed E-state index contributed by atoms with van der Waals surface area (Å²) >= 11 is 1.81. The van der Waals surface area contributed by atoms with Gasteiger partial charge in [0.25, 0.3) is 0 Å². The van der Waals surface area contributed by atoms with Crippen molar-refractivity contribution in [2.75, 3.05) is 0 Å². The molecule has 0 atom stereocenters. The zero-order valence-corrected chi connectivity index (χ0v) is 13.0. The van der Waals surface area contributed by atoms with Gasteiger partial charge in [0.05, 0.1) is 12.2 Å². The molecule has 1 aliphatic carbocycles. The van der Waals surface area contributed by atoms with E-state index in [0.717, 1.165) is 22.8 Å². The Labute approximate surface area is 132 Å². The Morgan fingerprint density at radius 2 is 2.18 bits per heavy atom. The third-order valence-electron chi connectivity index (χ3n) is 3.87. The quantitative estimate of drug-likeness (QED) is 0.737. The van der Waals surface area contributed by atoms with Gasteiger partial charge in [-0.3, -0.25) is 4.98 Å². The maximum atomic E-state index is 4.76. The number of rotatable bonds is 4. The molecule has 0 fully saturated rings. The van der Waals surface area contributed by atoms with Crippen LogP contribution in [0.25, 0.3) is 0 Å². The molecular formula is C15H16N6S. The van der Waals surface area contributed by atoms with Gasteiger partial charge in [0, 0.05) is 23.7 Å². The average molecular weight is 312 g/mol. The fourth-order valence-electron chi connectivity index (χ4n) is 2.76. The molecule has 6 nitrogen and oxygen atoms in total. The van der Waals surface area contributed by atoms with E-state index in [9.17, 15) is 0 Å². The van der Waals surface area contributed by atoms with Crippen molar-refractivity contribution in [3.05, 3.63) is 51.5 Å². The number of pyridine rings is 1. The second-order valence-electron chi connectivity index (χ2n) is 5.48. The summed E-state index contributed by atoms with van der Waals surface area (Å²) in [7, 11) is 0. The van der Waals surface area contributed by atoms with Crippen LogP contribution < -0.4 is 0 Å². The van der Waals surface area contributed by atoms with Crippen LogP contribution in [0.3, 0.4) is 0 Å². The van der Waals surface area contributed by atoms with E-state index in [-0.39, 0.29) is 0 Å². The first-order valence-electron chi connectivity index (χ1n) is 7.50. The third kappa shape index (κ3) is 2.76. The van der Waals surface area contributed by atoms with Crippen LogP contribution in [0.4, 0.5) is 0 Å². The van der Waals surface area contributed by atoms with Crippen molar-refractivity contribution in [2.45, 2.75) is 38.6 Å². The summed E-state index contributed by atoms with van der Waals surface area (Å²) in [5.74, 6) is 0.848. The van der Waals surface area contributed by atoms with E-state index in [4.69, 9.17) is 4.98 Å². The molecular weight excluding hydrogens is 296 g/mol. The van der Waals surface area contributed by atoms with E-state index in [1.165, 1.54) is 29.8 Å². The molecule has 3 aromatic heterocycles. The van der Waals surface area contributed by atoms with Crippen molar-refractivity contribution in [3.8, 4) is 0 Å². The van der Waals surface area contributed by atoms with Crippen molar-refractivity contribution in [3.63, 3.8) is 0 Å². The van der Waals surface area contributed by atoms with Crippen molar-refractivity contribution in [2.24, 2.45) is 0 Å². The van der Waals surface area contributed by atoms with Gasteiger partial charge in [0.2, 0.25) is 0 Å². The fraction of sp³-hybridized carbons (Fsp3) is 0.400. The number of aryl methyl sites for hydroxylation is 2. The number of nitrogens with zero attached hydrogens (tertiary/aromatic N) is 6. The summed E-state index contributed by atoms with van der Waals surface area (Å²) < 4.78 is 1.84. The third-order valence-corrected chi connectivity index (χ3v) is 5.01. The molecule has 0 radical (unpaired) electrons. The zero-order valence-electron chi connectivity index (χ0n) is 12.1. The summed E-state index contributed by atoms with van der Waals surface area (Å²) in [6.45, 7) is 0.653. The smallest absolute Gasteiger partial charge is 0.156 e. The predicted molar refractivity (Wildman–Crippen MR) is 82.7 cm³/mol. The summed E-state index contributed by atoms with van der Waals surface area (Å²) in [6, 6.07) is 3.96. The topological polar surface area (TPSA) is 69.4 Å². The molecule has 22 heavy (non-hydrogen) atoms. The van der Waals surface area contributed by atoms with Crippen LogP contribution in [0.5, 0.6) is 0 Å². The molecule has 0 N–H and O–H groups in total. The first kappa shape index (κ1) is 13.5. The lowest BCUT2D eigenvalue weighted by Crippen LogP contribution is -2.08. The molecule has 7 heteroatoms. The normalized spacial score (nSPS) is 14.0. The van der Waals surface area contributed by atoms with E-state index in [2.05, 4.69) is 20.5 Å². The minimum Gasteiger partial charge on any atom is -0.264 e. The van der Waals surface area contributed by atoms with Gasteiger partial charge in [-0.1, -0.05) is 6.07 Å². The maximum Gasteiger partial charge on any atom is 0.156 e. The molecule has 0 saturated heterocycles. The molecule has 0 saturated carbocycles. The molecule has 0 unspecified atom stereocenters. The van der Waals surface area contributed by atoms with Crippen LogP contribution in [-0.2, 0) is 25.8 Å². The zero-order chi connectivity index (χ0) is 14.8. The van der Waals surface area contributed by atoms with Gasteiger partial charge in [-0.2, -0.15) is 0 Å². The summed E-state index contributed by atoms with van der Waals surface area (Å²) in [6.07, 6.45) is 9.13. The lowest BCUT2D eigenvalue weighted by molar-refractivity contribution is 0.618. The van der Waals surface area contributed by atoms with Gasteiger partial charge in [-0.15, -0.1) is 16.4 Å². The number of thiazole rings is 1. The van der Waals surface area contributed by atoms with E-state index < -0.39 is 0 Å². The molecule has 0 amide bonds. The van der Waals surface area contributed by atoms with Crippen LogP contribution in [0, 0.1) is 0 Å². The van der Waals surface area contributed by atoms with E-state index in [1.54, 1.807) is 6.20 Å². The number of hydrogen-bond acceptors (Lipinski definition) is 6. The van der Waals surface area contributed by atoms with Crippen LogP contribution in [0.15, 0.2) is 24.5 Å². The molecule has 4 rings (SSSR count). The van der Waals surface area contributed by atoms with Gasteiger partial charge in [-0.25, -0.2) is 9.67 Å². The largest absolute Gasteiger partial charge is 0.264 e. The van der Waals surface area contributed by atoms with Crippen molar-refractivity contribution < 1.29 is 0 Å². The van der Waals surface area contributed by atoms with E-state index in [1.807, 2.05) is 34.3 Å². The van der Waals surface area contributed by atoms with E-state index in [0.29, 0.717) is 13.0 Å². The molecule has 0 aromatic carbocycles. The van der Waals surface area contributed by atoms with Gasteiger partial charge in [0.15, 0.2) is 5.82 Å². The second-order valence-corrected chi connectivity index (χ2v) is 6.64. The lowest BCUT2D eigenvalue weighted by atomic mass is 10.0. The number of fused-ring (bicyclic) bond motifs is 1. The molecule has 0 spiro atoms. The van der Waals surface area contributed by atoms with Crippen molar-refractivity contribution in [1.82, 2.24) is 30.2 Å². The molecule has 1 aliphatic rings. The van der Waals surface area contributed by atoms with Crippen molar-refractivity contribution in [1.29, 1.82) is 0 Å². The molecule has 3 aromatic rings. The second kappa shape index (κ2) is 5.92. The summed E-state index contributed by atoms with van der Waals surface area (Å²) in [5.41, 5.74) is 2.39. The first-order chi connectivity index (χ1) is 10.9. The van der Waals surface area contributed by atoms with Crippen LogP contribution in [0.2, 0.25) is 0 Å². The number of hydrogen-bond donors (Lipinski definition) is 0. The monoisotopic (exact) mass is 312 g/mol. The maximum absolute atomic E-state index is 4.76. The Kier molecular flexibility index (Phi) is 3.64. The number of tetrazole rings is 1. The average Bonchev–Trinajstić information content (AvgIpc) is 3.15. The summed E-state index contributed by atoms with van der Waals surface area (Å²) in [5, 5.41) is 13.2. The standard InChI is InChI=1S/C15H16N6S/c1-2-6-13-12(5-1)17-15(22-13)10-21-14(18-19-20-21)8-11-4-3-7-16-9-11/h3-4,7,9H,1-2,5-6,8,10H2. The van der Waals surface area contributed by atoms with Crippen LogP contribution >= 0.6 is 11.3 Å². The van der Waals surface area contributed by atoms with E-state index >= 15 is 0 Å².